The molecule has 0 amide bonds. The van der Waals surface area contributed by atoms with E-state index >= 15 is 0 Å². The van der Waals surface area contributed by atoms with Gasteiger partial charge in [0, 0.05) is 19.1 Å². The molecule has 0 aromatic rings. The van der Waals surface area contributed by atoms with Crippen molar-refractivity contribution in [1.29, 1.82) is 0 Å². The summed E-state index contributed by atoms with van der Waals surface area (Å²) < 4.78 is 5.36. The predicted octanol–water partition coefficient (Wildman–Crippen LogP) is 0.461. The van der Waals surface area contributed by atoms with Crippen molar-refractivity contribution >= 4 is 0 Å². The summed E-state index contributed by atoms with van der Waals surface area (Å²) in [4.78, 5) is 2.61. The summed E-state index contributed by atoms with van der Waals surface area (Å²) >= 11 is 0. The first kappa shape index (κ1) is 9.44. The van der Waals surface area contributed by atoms with E-state index in [1.165, 1.54) is 32.4 Å². The highest BCUT2D eigenvalue weighted by molar-refractivity contribution is 4.77. The Kier molecular flexibility index (Phi) is 3.58. The standard InChI is InChI=1S/C10H20N2O/c1-2-10(3-5-11-4-1)12-6-8-13-9-7-12/h10-11H,1-9H2/t10-/m1/s1. The van der Waals surface area contributed by atoms with Gasteiger partial charge < -0.3 is 10.1 Å². The maximum absolute atomic E-state index is 5.36. The molecule has 2 rings (SSSR count). The Morgan fingerprint density at radius 3 is 2.77 bits per heavy atom. The SMILES string of the molecule is C1CNCC[C@H](N2CCOCC2)C1. The molecule has 76 valence electrons. The van der Waals surface area contributed by atoms with Crippen molar-refractivity contribution in [2.75, 3.05) is 39.4 Å². The molecular weight excluding hydrogens is 164 g/mol. The number of nitrogens with zero attached hydrogens (tertiary/aromatic N) is 1. The van der Waals surface area contributed by atoms with Gasteiger partial charge in [0.1, 0.15) is 0 Å². The number of ether oxygens (including phenoxy) is 1. The van der Waals surface area contributed by atoms with Gasteiger partial charge in [-0.25, -0.2) is 0 Å². The van der Waals surface area contributed by atoms with Crippen molar-refractivity contribution in [1.82, 2.24) is 10.2 Å². The van der Waals surface area contributed by atoms with E-state index in [2.05, 4.69) is 10.2 Å². The molecule has 3 nitrogen and oxygen atoms in total. The van der Waals surface area contributed by atoms with E-state index in [0.717, 1.165) is 32.3 Å². The summed E-state index contributed by atoms with van der Waals surface area (Å²) in [5.74, 6) is 0. The Balaban J connectivity index is 1.82. The van der Waals surface area contributed by atoms with Gasteiger partial charge in [-0.15, -0.1) is 0 Å². The number of hydrogen-bond donors (Lipinski definition) is 1. The molecule has 2 heterocycles. The molecule has 1 N–H and O–H groups in total. The van der Waals surface area contributed by atoms with Gasteiger partial charge in [-0.2, -0.15) is 0 Å². The molecule has 0 aromatic carbocycles. The van der Waals surface area contributed by atoms with Gasteiger partial charge in [-0.1, -0.05) is 0 Å². The third-order valence-corrected chi connectivity index (χ3v) is 3.11. The second-order valence-corrected chi connectivity index (χ2v) is 3.98. The number of nitrogens with one attached hydrogen (secondary N) is 1. The van der Waals surface area contributed by atoms with Crippen molar-refractivity contribution in [3.8, 4) is 0 Å². The Morgan fingerprint density at radius 2 is 1.92 bits per heavy atom. The van der Waals surface area contributed by atoms with Crippen LogP contribution in [0.2, 0.25) is 0 Å². The molecule has 0 aliphatic carbocycles. The fourth-order valence-electron chi connectivity index (χ4n) is 2.31. The molecule has 13 heavy (non-hydrogen) atoms. The normalized spacial score (nSPS) is 32.8. The Bertz CT molecular complexity index is 138. The highest BCUT2D eigenvalue weighted by Gasteiger charge is 2.21. The molecule has 2 fully saturated rings. The minimum absolute atomic E-state index is 0.818. The van der Waals surface area contributed by atoms with Crippen LogP contribution >= 0.6 is 0 Å². The number of hydrogen-bond acceptors (Lipinski definition) is 3. The van der Waals surface area contributed by atoms with Crippen LogP contribution in [0.25, 0.3) is 0 Å². The maximum atomic E-state index is 5.36. The van der Waals surface area contributed by atoms with Crippen LogP contribution in [0.1, 0.15) is 19.3 Å². The summed E-state index contributed by atoms with van der Waals surface area (Å²) in [7, 11) is 0. The van der Waals surface area contributed by atoms with Gasteiger partial charge in [0.25, 0.3) is 0 Å². The van der Waals surface area contributed by atoms with E-state index in [0.29, 0.717) is 0 Å². The third-order valence-electron chi connectivity index (χ3n) is 3.11. The quantitative estimate of drug-likeness (QED) is 0.641. The molecular formula is C10H20N2O. The van der Waals surface area contributed by atoms with Crippen molar-refractivity contribution in [2.24, 2.45) is 0 Å². The Hall–Kier alpha value is -0.120. The van der Waals surface area contributed by atoms with E-state index < -0.39 is 0 Å². The largest absolute Gasteiger partial charge is 0.379 e. The van der Waals surface area contributed by atoms with Crippen LogP contribution in [0.4, 0.5) is 0 Å². The van der Waals surface area contributed by atoms with Gasteiger partial charge in [0.15, 0.2) is 0 Å². The highest BCUT2D eigenvalue weighted by Crippen LogP contribution is 2.14. The van der Waals surface area contributed by atoms with E-state index in [1.54, 1.807) is 0 Å². The maximum Gasteiger partial charge on any atom is 0.0594 e. The van der Waals surface area contributed by atoms with Crippen molar-refractivity contribution < 1.29 is 4.74 Å². The van der Waals surface area contributed by atoms with Crippen LogP contribution in [0.3, 0.4) is 0 Å². The zero-order valence-corrected chi connectivity index (χ0v) is 8.30. The number of rotatable bonds is 1. The molecule has 2 saturated heterocycles. The monoisotopic (exact) mass is 184 g/mol. The Morgan fingerprint density at radius 1 is 1.08 bits per heavy atom. The summed E-state index contributed by atoms with van der Waals surface area (Å²) in [6.45, 7) is 6.56. The topological polar surface area (TPSA) is 24.5 Å². The lowest BCUT2D eigenvalue weighted by atomic mass is 10.1. The van der Waals surface area contributed by atoms with Crippen molar-refractivity contribution in [3.05, 3.63) is 0 Å². The van der Waals surface area contributed by atoms with E-state index in [9.17, 15) is 0 Å². The van der Waals surface area contributed by atoms with Crippen LogP contribution in [0, 0.1) is 0 Å². The molecule has 0 bridgehead atoms. The van der Waals surface area contributed by atoms with Gasteiger partial charge in [0.2, 0.25) is 0 Å². The molecule has 0 radical (unpaired) electrons. The Labute approximate surface area is 80.4 Å². The minimum atomic E-state index is 0.818. The van der Waals surface area contributed by atoms with Crippen molar-refractivity contribution in [3.63, 3.8) is 0 Å². The second kappa shape index (κ2) is 4.94. The lowest BCUT2D eigenvalue weighted by Crippen LogP contribution is -2.43. The van der Waals surface area contributed by atoms with E-state index in [4.69, 9.17) is 4.74 Å². The predicted molar refractivity (Wildman–Crippen MR) is 52.9 cm³/mol. The highest BCUT2D eigenvalue weighted by atomic mass is 16.5. The molecule has 0 unspecified atom stereocenters. The lowest BCUT2D eigenvalue weighted by molar-refractivity contribution is 0.0141. The molecule has 1 atom stereocenters. The first-order valence-electron chi connectivity index (χ1n) is 5.49. The third kappa shape index (κ3) is 2.66. The number of morpholine rings is 1. The fraction of sp³-hybridized carbons (Fsp3) is 1.00. The minimum Gasteiger partial charge on any atom is -0.379 e. The average molecular weight is 184 g/mol. The van der Waals surface area contributed by atoms with E-state index in [1.807, 2.05) is 0 Å². The average Bonchev–Trinajstić information content (AvgIpc) is 2.47. The smallest absolute Gasteiger partial charge is 0.0594 e. The second-order valence-electron chi connectivity index (χ2n) is 3.98. The fourth-order valence-corrected chi connectivity index (χ4v) is 2.31. The van der Waals surface area contributed by atoms with Crippen LogP contribution < -0.4 is 5.32 Å². The summed E-state index contributed by atoms with van der Waals surface area (Å²) in [5, 5.41) is 3.46. The molecule has 0 aromatic heterocycles. The van der Waals surface area contributed by atoms with Gasteiger partial charge in [0.05, 0.1) is 13.2 Å². The van der Waals surface area contributed by atoms with Crippen molar-refractivity contribution in [2.45, 2.75) is 25.3 Å². The molecule has 0 saturated carbocycles. The van der Waals surface area contributed by atoms with Gasteiger partial charge in [-0.3, -0.25) is 4.90 Å². The van der Waals surface area contributed by atoms with Crippen LogP contribution in [0.5, 0.6) is 0 Å². The molecule has 3 heteroatoms. The summed E-state index contributed by atoms with van der Waals surface area (Å²) in [6.07, 6.45) is 4.02. The van der Waals surface area contributed by atoms with Gasteiger partial charge in [-0.05, 0) is 32.4 Å². The van der Waals surface area contributed by atoms with Crippen LogP contribution in [0.15, 0.2) is 0 Å². The molecule has 2 aliphatic heterocycles. The van der Waals surface area contributed by atoms with Gasteiger partial charge >= 0.3 is 0 Å². The first-order valence-corrected chi connectivity index (χ1v) is 5.49. The zero-order chi connectivity index (χ0) is 8.93. The zero-order valence-electron chi connectivity index (χ0n) is 8.30. The summed E-state index contributed by atoms with van der Waals surface area (Å²) in [6, 6.07) is 0.818. The van der Waals surface area contributed by atoms with E-state index in [-0.39, 0.29) is 0 Å². The van der Waals surface area contributed by atoms with Crippen LogP contribution in [-0.2, 0) is 4.74 Å². The lowest BCUT2D eigenvalue weighted by Gasteiger charge is -2.33. The molecule has 0 spiro atoms. The summed E-state index contributed by atoms with van der Waals surface area (Å²) in [5.41, 5.74) is 0. The van der Waals surface area contributed by atoms with Crippen LogP contribution in [-0.4, -0.2) is 50.3 Å². The first-order chi connectivity index (χ1) is 6.47. The molecule has 2 aliphatic rings.